The molecule has 1 aromatic heterocycles. The van der Waals surface area contributed by atoms with E-state index in [9.17, 15) is 9.59 Å². The highest BCUT2D eigenvalue weighted by Gasteiger charge is 2.12. The fourth-order valence-corrected chi connectivity index (χ4v) is 2.21. The third-order valence-electron chi connectivity index (χ3n) is 3.17. The maximum Gasteiger partial charge on any atom is 0.274 e. The zero-order valence-electron chi connectivity index (χ0n) is 13.2. The SMILES string of the molecule is COCCCNC(=O)c1ccnc(C(=O)Nc2ccc(Br)cc2)c1. The monoisotopic (exact) mass is 391 g/mol. The topological polar surface area (TPSA) is 80.3 Å². The highest BCUT2D eigenvalue weighted by molar-refractivity contribution is 9.10. The van der Waals surface area contributed by atoms with Crippen LogP contribution in [0.3, 0.4) is 0 Å². The quantitative estimate of drug-likeness (QED) is 0.711. The van der Waals surface area contributed by atoms with Crippen molar-refractivity contribution in [2.24, 2.45) is 0 Å². The molecule has 1 aromatic carbocycles. The van der Waals surface area contributed by atoms with Crippen LogP contribution in [0.2, 0.25) is 0 Å². The molecule has 0 bridgehead atoms. The third kappa shape index (κ3) is 5.43. The first-order chi connectivity index (χ1) is 11.6. The Morgan fingerprint density at radius 3 is 2.62 bits per heavy atom. The van der Waals surface area contributed by atoms with E-state index in [-0.39, 0.29) is 17.5 Å². The van der Waals surface area contributed by atoms with Crippen molar-refractivity contribution in [3.05, 3.63) is 58.3 Å². The van der Waals surface area contributed by atoms with Crippen LogP contribution >= 0.6 is 15.9 Å². The number of hydrogen-bond donors (Lipinski definition) is 2. The van der Waals surface area contributed by atoms with E-state index in [1.165, 1.54) is 12.3 Å². The van der Waals surface area contributed by atoms with Crippen LogP contribution in [0.1, 0.15) is 27.3 Å². The van der Waals surface area contributed by atoms with Gasteiger partial charge in [0.05, 0.1) is 0 Å². The summed E-state index contributed by atoms with van der Waals surface area (Å²) in [5.41, 5.74) is 1.23. The second-order valence-corrected chi connectivity index (χ2v) is 5.91. The molecule has 7 heteroatoms. The van der Waals surface area contributed by atoms with Crippen molar-refractivity contribution in [2.45, 2.75) is 6.42 Å². The summed E-state index contributed by atoms with van der Waals surface area (Å²) in [6, 6.07) is 10.2. The van der Waals surface area contributed by atoms with Gasteiger partial charge in [0.1, 0.15) is 5.69 Å². The van der Waals surface area contributed by atoms with Gasteiger partial charge in [0.15, 0.2) is 0 Å². The van der Waals surface area contributed by atoms with E-state index in [0.717, 1.165) is 10.9 Å². The molecule has 6 nitrogen and oxygen atoms in total. The molecular weight excluding hydrogens is 374 g/mol. The van der Waals surface area contributed by atoms with E-state index in [1.54, 1.807) is 25.3 Å². The fourth-order valence-electron chi connectivity index (χ4n) is 1.94. The number of nitrogens with zero attached hydrogens (tertiary/aromatic N) is 1. The Morgan fingerprint density at radius 1 is 1.17 bits per heavy atom. The Hall–Kier alpha value is -2.25. The van der Waals surface area contributed by atoms with E-state index in [1.807, 2.05) is 12.1 Å². The summed E-state index contributed by atoms with van der Waals surface area (Å²) >= 11 is 3.34. The summed E-state index contributed by atoms with van der Waals surface area (Å²) in [7, 11) is 1.61. The summed E-state index contributed by atoms with van der Waals surface area (Å²) in [5, 5.41) is 5.51. The van der Waals surface area contributed by atoms with E-state index in [0.29, 0.717) is 24.4 Å². The minimum Gasteiger partial charge on any atom is -0.385 e. The Morgan fingerprint density at radius 2 is 1.92 bits per heavy atom. The molecule has 0 saturated heterocycles. The molecule has 2 aromatic rings. The van der Waals surface area contributed by atoms with Crippen molar-refractivity contribution in [3.63, 3.8) is 0 Å². The molecule has 0 aliphatic rings. The van der Waals surface area contributed by atoms with Crippen LogP contribution in [0.15, 0.2) is 47.1 Å². The first-order valence-electron chi connectivity index (χ1n) is 7.40. The molecule has 2 amide bonds. The Bertz CT molecular complexity index is 704. The van der Waals surface area contributed by atoms with E-state index in [2.05, 4.69) is 31.5 Å². The number of anilines is 1. The number of ether oxygens (including phenoxy) is 1. The molecule has 1 heterocycles. The van der Waals surface area contributed by atoms with Crippen molar-refractivity contribution in [2.75, 3.05) is 25.6 Å². The number of methoxy groups -OCH3 is 1. The van der Waals surface area contributed by atoms with Crippen molar-refractivity contribution in [1.82, 2.24) is 10.3 Å². The highest BCUT2D eigenvalue weighted by Crippen LogP contribution is 2.15. The van der Waals surface area contributed by atoms with Crippen LogP contribution in [0.5, 0.6) is 0 Å². The van der Waals surface area contributed by atoms with Crippen LogP contribution in [0.4, 0.5) is 5.69 Å². The Balaban J connectivity index is 1.99. The molecule has 0 atom stereocenters. The van der Waals surface area contributed by atoms with Gasteiger partial charge in [0.25, 0.3) is 11.8 Å². The van der Waals surface area contributed by atoms with Crippen molar-refractivity contribution < 1.29 is 14.3 Å². The number of carbonyl (C=O) groups excluding carboxylic acids is 2. The van der Waals surface area contributed by atoms with Gasteiger partial charge in [-0.05, 0) is 42.8 Å². The molecule has 0 aliphatic carbocycles. The zero-order chi connectivity index (χ0) is 17.4. The van der Waals surface area contributed by atoms with Crippen molar-refractivity contribution in [3.8, 4) is 0 Å². The zero-order valence-corrected chi connectivity index (χ0v) is 14.8. The number of pyridine rings is 1. The van der Waals surface area contributed by atoms with Crippen LogP contribution in [0, 0.1) is 0 Å². The van der Waals surface area contributed by atoms with Crippen LogP contribution in [-0.2, 0) is 4.74 Å². The second kappa shape index (κ2) is 9.14. The summed E-state index contributed by atoms with van der Waals surface area (Å²) in [6.07, 6.45) is 2.17. The van der Waals surface area contributed by atoms with Gasteiger partial charge < -0.3 is 15.4 Å². The van der Waals surface area contributed by atoms with Gasteiger partial charge in [-0.15, -0.1) is 0 Å². The lowest BCUT2D eigenvalue weighted by Gasteiger charge is -2.07. The Kier molecular flexibility index (Phi) is 6.89. The predicted molar refractivity (Wildman–Crippen MR) is 95.2 cm³/mol. The minimum absolute atomic E-state index is 0.183. The molecule has 0 fully saturated rings. The van der Waals surface area contributed by atoms with Gasteiger partial charge in [-0.3, -0.25) is 14.6 Å². The van der Waals surface area contributed by atoms with E-state index < -0.39 is 0 Å². The number of amides is 2. The van der Waals surface area contributed by atoms with Crippen LogP contribution in [-0.4, -0.2) is 37.1 Å². The van der Waals surface area contributed by atoms with Crippen molar-refractivity contribution >= 4 is 33.4 Å². The lowest BCUT2D eigenvalue weighted by Crippen LogP contribution is -2.25. The van der Waals surface area contributed by atoms with Gasteiger partial charge in [-0.25, -0.2) is 0 Å². The standard InChI is InChI=1S/C17H18BrN3O3/c1-24-10-2-8-20-16(22)12-7-9-19-15(11-12)17(23)21-14-5-3-13(18)4-6-14/h3-7,9,11H,2,8,10H2,1H3,(H,20,22)(H,21,23). The van der Waals surface area contributed by atoms with Crippen molar-refractivity contribution in [1.29, 1.82) is 0 Å². The molecule has 2 rings (SSSR count). The predicted octanol–water partition coefficient (Wildman–Crippen LogP) is 2.86. The third-order valence-corrected chi connectivity index (χ3v) is 3.70. The normalized spacial score (nSPS) is 10.2. The molecule has 0 aliphatic heterocycles. The lowest BCUT2D eigenvalue weighted by atomic mass is 10.2. The van der Waals surface area contributed by atoms with Gasteiger partial charge in [-0.1, -0.05) is 15.9 Å². The highest BCUT2D eigenvalue weighted by atomic mass is 79.9. The number of rotatable bonds is 7. The lowest BCUT2D eigenvalue weighted by molar-refractivity contribution is 0.0948. The second-order valence-electron chi connectivity index (χ2n) is 4.99. The van der Waals surface area contributed by atoms with Gasteiger partial charge >= 0.3 is 0 Å². The Labute approximate surface area is 148 Å². The molecule has 0 unspecified atom stereocenters. The molecule has 0 saturated carbocycles. The molecule has 0 radical (unpaired) electrons. The summed E-state index contributed by atoms with van der Waals surface area (Å²) in [5.74, 6) is -0.613. The fraction of sp³-hybridized carbons (Fsp3) is 0.235. The van der Waals surface area contributed by atoms with E-state index in [4.69, 9.17) is 4.74 Å². The number of carbonyl (C=O) groups is 2. The van der Waals surface area contributed by atoms with Crippen LogP contribution in [0.25, 0.3) is 0 Å². The van der Waals surface area contributed by atoms with Gasteiger partial charge in [-0.2, -0.15) is 0 Å². The maximum atomic E-state index is 12.2. The largest absolute Gasteiger partial charge is 0.385 e. The number of hydrogen-bond acceptors (Lipinski definition) is 4. The average Bonchev–Trinajstić information content (AvgIpc) is 2.60. The molecular formula is C17H18BrN3O3. The summed E-state index contributed by atoms with van der Waals surface area (Å²) < 4.78 is 5.85. The minimum atomic E-state index is -0.369. The average molecular weight is 392 g/mol. The van der Waals surface area contributed by atoms with Gasteiger partial charge in [0, 0.05) is 42.2 Å². The van der Waals surface area contributed by atoms with E-state index >= 15 is 0 Å². The first kappa shape index (κ1) is 18.1. The summed E-state index contributed by atoms with van der Waals surface area (Å²) in [6.45, 7) is 1.09. The maximum absolute atomic E-state index is 12.2. The molecule has 126 valence electrons. The smallest absolute Gasteiger partial charge is 0.274 e. The number of halogens is 1. The van der Waals surface area contributed by atoms with Gasteiger partial charge in [0.2, 0.25) is 0 Å². The summed E-state index contributed by atoms with van der Waals surface area (Å²) in [4.78, 5) is 28.3. The first-order valence-corrected chi connectivity index (χ1v) is 8.19. The number of benzene rings is 1. The number of aromatic nitrogens is 1. The number of nitrogens with one attached hydrogen (secondary N) is 2. The molecule has 24 heavy (non-hydrogen) atoms. The molecule has 0 spiro atoms. The van der Waals surface area contributed by atoms with Crippen LogP contribution < -0.4 is 10.6 Å². The molecule has 2 N–H and O–H groups in total.